The Bertz CT molecular complexity index is 563. The molecule has 0 radical (unpaired) electrons. The molecule has 0 amide bonds. The standard InChI is InChI=1S/C14H18N2O3/c1-3-19-10-6-9-16-12-8-5-4-7-11(12)13(15-16)14(17)18-2/h4-5,7-8H,3,6,9-10H2,1-2H3. The second-order valence-corrected chi connectivity index (χ2v) is 4.13. The summed E-state index contributed by atoms with van der Waals surface area (Å²) in [6.45, 7) is 4.10. The van der Waals surface area contributed by atoms with E-state index in [9.17, 15) is 4.79 Å². The Morgan fingerprint density at radius 3 is 2.89 bits per heavy atom. The Hall–Kier alpha value is -1.88. The van der Waals surface area contributed by atoms with Crippen LogP contribution in [0.5, 0.6) is 0 Å². The van der Waals surface area contributed by atoms with E-state index in [1.165, 1.54) is 7.11 Å². The van der Waals surface area contributed by atoms with Crippen LogP contribution in [0.25, 0.3) is 10.9 Å². The van der Waals surface area contributed by atoms with E-state index in [2.05, 4.69) is 5.10 Å². The summed E-state index contributed by atoms with van der Waals surface area (Å²) in [4.78, 5) is 11.7. The predicted molar refractivity (Wildman–Crippen MR) is 72.2 cm³/mol. The van der Waals surface area contributed by atoms with Crippen LogP contribution in [0.2, 0.25) is 0 Å². The van der Waals surface area contributed by atoms with E-state index >= 15 is 0 Å². The van der Waals surface area contributed by atoms with E-state index < -0.39 is 5.97 Å². The van der Waals surface area contributed by atoms with Gasteiger partial charge in [-0.3, -0.25) is 4.68 Å². The van der Waals surface area contributed by atoms with Gasteiger partial charge < -0.3 is 9.47 Å². The van der Waals surface area contributed by atoms with Gasteiger partial charge in [-0.05, 0) is 19.4 Å². The molecule has 19 heavy (non-hydrogen) atoms. The lowest BCUT2D eigenvalue weighted by molar-refractivity contribution is 0.0595. The predicted octanol–water partition coefficient (Wildman–Crippen LogP) is 2.25. The molecule has 0 spiro atoms. The molecule has 1 aromatic heterocycles. The second-order valence-electron chi connectivity index (χ2n) is 4.13. The fourth-order valence-corrected chi connectivity index (χ4v) is 2.01. The first-order valence-corrected chi connectivity index (χ1v) is 6.39. The summed E-state index contributed by atoms with van der Waals surface area (Å²) in [6, 6.07) is 7.66. The molecule has 0 atom stereocenters. The molecular formula is C14H18N2O3. The maximum absolute atomic E-state index is 11.7. The molecule has 2 rings (SSSR count). The van der Waals surface area contributed by atoms with Crippen LogP contribution >= 0.6 is 0 Å². The smallest absolute Gasteiger partial charge is 0.359 e. The largest absolute Gasteiger partial charge is 0.464 e. The summed E-state index contributed by atoms with van der Waals surface area (Å²) in [6.07, 6.45) is 0.861. The highest BCUT2D eigenvalue weighted by Gasteiger charge is 2.16. The van der Waals surface area contributed by atoms with E-state index in [-0.39, 0.29) is 0 Å². The van der Waals surface area contributed by atoms with Crippen molar-refractivity contribution in [2.45, 2.75) is 19.9 Å². The third-order valence-corrected chi connectivity index (χ3v) is 2.90. The normalized spacial score (nSPS) is 10.8. The third kappa shape index (κ3) is 2.93. The van der Waals surface area contributed by atoms with Crippen molar-refractivity contribution in [2.75, 3.05) is 20.3 Å². The molecule has 0 unspecified atom stereocenters. The van der Waals surface area contributed by atoms with E-state index in [1.807, 2.05) is 35.9 Å². The van der Waals surface area contributed by atoms with Gasteiger partial charge in [-0.1, -0.05) is 18.2 Å². The molecule has 0 N–H and O–H groups in total. The van der Waals surface area contributed by atoms with Crippen LogP contribution < -0.4 is 0 Å². The monoisotopic (exact) mass is 262 g/mol. The Kier molecular flexibility index (Phi) is 4.52. The molecule has 0 bridgehead atoms. The number of aryl methyl sites for hydroxylation is 1. The number of carbonyl (C=O) groups is 1. The average Bonchev–Trinajstić information content (AvgIpc) is 2.82. The lowest BCUT2D eigenvalue weighted by Crippen LogP contribution is -2.07. The molecule has 5 nitrogen and oxygen atoms in total. The fourth-order valence-electron chi connectivity index (χ4n) is 2.01. The zero-order valence-corrected chi connectivity index (χ0v) is 11.3. The number of benzene rings is 1. The third-order valence-electron chi connectivity index (χ3n) is 2.90. The summed E-state index contributed by atoms with van der Waals surface area (Å²) >= 11 is 0. The SMILES string of the molecule is CCOCCCn1nc(C(=O)OC)c2ccccc21. The van der Waals surface area contributed by atoms with Crippen LogP contribution in [0.1, 0.15) is 23.8 Å². The average molecular weight is 262 g/mol. The Morgan fingerprint density at radius 2 is 2.16 bits per heavy atom. The van der Waals surface area contributed by atoms with Crippen LogP contribution in [-0.2, 0) is 16.0 Å². The lowest BCUT2D eigenvalue weighted by Gasteiger charge is -2.03. The van der Waals surface area contributed by atoms with Crippen LogP contribution in [0.4, 0.5) is 0 Å². The number of fused-ring (bicyclic) bond motifs is 1. The van der Waals surface area contributed by atoms with Gasteiger partial charge in [0.2, 0.25) is 0 Å². The molecule has 0 aliphatic carbocycles. The highest BCUT2D eigenvalue weighted by atomic mass is 16.5. The number of methoxy groups -OCH3 is 1. The number of esters is 1. The Labute approximate surface area is 112 Å². The quantitative estimate of drug-likeness (QED) is 0.592. The molecule has 2 aromatic rings. The summed E-state index contributed by atoms with van der Waals surface area (Å²) in [5, 5.41) is 5.17. The van der Waals surface area contributed by atoms with Crippen LogP contribution in [0.3, 0.4) is 0 Å². The van der Waals surface area contributed by atoms with Gasteiger partial charge in [-0.2, -0.15) is 5.10 Å². The topological polar surface area (TPSA) is 53.4 Å². The fraction of sp³-hybridized carbons (Fsp3) is 0.429. The van der Waals surface area contributed by atoms with Crippen molar-refractivity contribution in [1.82, 2.24) is 9.78 Å². The van der Waals surface area contributed by atoms with Gasteiger partial charge in [0.25, 0.3) is 0 Å². The number of nitrogens with zero attached hydrogens (tertiary/aromatic N) is 2. The number of hydrogen-bond acceptors (Lipinski definition) is 4. The van der Waals surface area contributed by atoms with Crippen molar-refractivity contribution in [3.05, 3.63) is 30.0 Å². The van der Waals surface area contributed by atoms with E-state index in [4.69, 9.17) is 9.47 Å². The minimum absolute atomic E-state index is 0.370. The number of carbonyl (C=O) groups excluding carboxylic acids is 1. The first kappa shape index (κ1) is 13.5. The summed E-state index contributed by atoms with van der Waals surface area (Å²) in [7, 11) is 1.37. The summed E-state index contributed by atoms with van der Waals surface area (Å²) in [5.74, 6) is -0.403. The van der Waals surface area contributed by atoms with Crippen LogP contribution in [-0.4, -0.2) is 36.1 Å². The van der Waals surface area contributed by atoms with Gasteiger partial charge in [-0.15, -0.1) is 0 Å². The van der Waals surface area contributed by atoms with Crippen molar-refractivity contribution in [2.24, 2.45) is 0 Å². The zero-order valence-electron chi connectivity index (χ0n) is 11.3. The molecule has 0 saturated heterocycles. The van der Waals surface area contributed by atoms with E-state index in [0.717, 1.165) is 23.9 Å². The first-order valence-electron chi connectivity index (χ1n) is 6.39. The highest BCUT2D eigenvalue weighted by molar-refractivity contribution is 6.02. The minimum atomic E-state index is -0.403. The zero-order chi connectivity index (χ0) is 13.7. The molecular weight excluding hydrogens is 244 g/mol. The van der Waals surface area contributed by atoms with Gasteiger partial charge in [0.05, 0.1) is 12.6 Å². The van der Waals surface area contributed by atoms with E-state index in [0.29, 0.717) is 18.9 Å². The van der Waals surface area contributed by atoms with Gasteiger partial charge in [0, 0.05) is 25.1 Å². The molecule has 0 aliphatic heterocycles. The maximum atomic E-state index is 11.7. The molecule has 1 aromatic carbocycles. The molecule has 1 heterocycles. The van der Waals surface area contributed by atoms with Crippen molar-refractivity contribution >= 4 is 16.9 Å². The van der Waals surface area contributed by atoms with Crippen molar-refractivity contribution in [3.8, 4) is 0 Å². The van der Waals surface area contributed by atoms with Crippen molar-refractivity contribution < 1.29 is 14.3 Å². The highest BCUT2D eigenvalue weighted by Crippen LogP contribution is 2.19. The number of ether oxygens (including phenoxy) is 2. The second kappa shape index (κ2) is 6.33. The molecule has 0 aliphatic rings. The summed E-state index contributed by atoms with van der Waals surface area (Å²) < 4.78 is 11.9. The number of para-hydroxylation sites is 1. The molecule has 5 heteroatoms. The van der Waals surface area contributed by atoms with Crippen LogP contribution in [0.15, 0.2) is 24.3 Å². The number of rotatable bonds is 6. The minimum Gasteiger partial charge on any atom is -0.464 e. The number of aromatic nitrogens is 2. The molecule has 102 valence electrons. The van der Waals surface area contributed by atoms with Gasteiger partial charge in [-0.25, -0.2) is 4.79 Å². The van der Waals surface area contributed by atoms with Crippen molar-refractivity contribution in [3.63, 3.8) is 0 Å². The first-order chi connectivity index (χ1) is 9.27. The van der Waals surface area contributed by atoms with Crippen molar-refractivity contribution in [1.29, 1.82) is 0 Å². The lowest BCUT2D eigenvalue weighted by atomic mass is 10.2. The van der Waals surface area contributed by atoms with Gasteiger partial charge in [0.1, 0.15) is 0 Å². The maximum Gasteiger partial charge on any atom is 0.359 e. The Morgan fingerprint density at radius 1 is 1.37 bits per heavy atom. The summed E-state index contributed by atoms with van der Waals surface area (Å²) in [5.41, 5.74) is 1.31. The van der Waals surface area contributed by atoms with E-state index in [1.54, 1.807) is 0 Å². The molecule has 0 saturated carbocycles. The number of hydrogen-bond donors (Lipinski definition) is 0. The molecule has 0 fully saturated rings. The van der Waals surface area contributed by atoms with Crippen LogP contribution in [0, 0.1) is 0 Å². The van der Waals surface area contributed by atoms with Gasteiger partial charge in [0.15, 0.2) is 5.69 Å². The Balaban J connectivity index is 2.26. The van der Waals surface area contributed by atoms with Gasteiger partial charge >= 0.3 is 5.97 Å².